The predicted molar refractivity (Wildman–Crippen MR) is 155 cm³/mol. The molecule has 0 amide bonds. The molecule has 3 aromatic rings. The molecule has 0 fully saturated rings. The fraction of sp³-hybridized carbons (Fsp3) is 0.500. The summed E-state index contributed by atoms with van der Waals surface area (Å²) in [5, 5.41) is 25.7. The topological polar surface area (TPSA) is 86.7 Å². The Bertz CT molecular complexity index is 1190. The fourth-order valence-corrected chi connectivity index (χ4v) is 6.14. The summed E-state index contributed by atoms with van der Waals surface area (Å²) in [7, 11) is 0. The molecule has 0 spiro atoms. The highest BCUT2D eigenvalue weighted by atomic mass is 35.5. The predicted octanol–water partition coefficient (Wildman–Crippen LogP) is 4.17. The van der Waals surface area contributed by atoms with Gasteiger partial charge >= 0.3 is 0 Å². The molecule has 0 bridgehead atoms. The molecular weight excluding hydrogens is 531 g/mol. The Kier molecular flexibility index (Phi) is 13.9. The molecule has 0 radical (unpaired) electrons. The number of hydrogen-bond acceptors (Lipinski definition) is 7. The first-order valence-corrected chi connectivity index (χ1v) is 13.5. The molecule has 0 atom stereocenters. The van der Waals surface area contributed by atoms with Gasteiger partial charge in [0.1, 0.15) is 0 Å². The average molecular weight is 570 g/mol. The zero-order chi connectivity index (χ0) is 25.5. The lowest BCUT2D eigenvalue weighted by atomic mass is 9.90. The maximum absolute atomic E-state index is 12.5. The van der Waals surface area contributed by atoms with Gasteiger partial charge in [0.15, 0.2) is 0 Å². The van der Waals surface area contributed by atoms with E-state index in [1.165, 1.54) is 0 Å². The van der Waals surface area contributed by atoms with E-state index >= 15 is 0 Å². The monoisotopic (exact) mass is 568 g/mol. The quantitative estimate of drug-likeness (QED) is 0.290. The van der Waals surface area contributed by atoms with E-state index in [1.807, 2.05) is 6.07 Å². The Morgan fingerprint density at radius 3 is 1.86 bits per heavy atom. The number of thiophene rings is 1. The van der Waals surface area contributed by atoms with Gasteiger partial charge < -0.3 is 29.6 Å². The number of halogens is 2. The van der Waals surface area contributed by atoms with Crippen LogP contribution in [0.4, 0.5) is 0 Å². The van der Waals surface area contributed by atoms with E-state index in [4.69, 9.17) is 0 Å². The van der Waals surface area contributed by atoms with E-state index in [2.05, 4.69) is 37.5 Å². The van der Waals surface area contributed by atoms with Crippen LogP contribution in [0.2, 0.25) is 0 Å². The molecule has 0 saturated carbocycles. The number of carbonyl (C=O) groups is 2. The lowest BCUT2D eigenvalue weighted by molar-refractivity contribution is -0.256. The van der Waals surface area contributed by atoms with Crippen LogP contribution in [-0.2, 0) is 12.8 Å². The molecular formula is C28H38Cl2N2O4S-2. The Balaban J connectivity index is 0.00000342. The van der Waals surface area contributed by atoms with Crippen molar-refractivity contribution in [3.8, 4) is 0 Å². The third kappa shape index (κ3) is 7.80. The molecule has 2 aromatic carbocycles. The number of benzene rings is 2. The second-order valence-electron chi connectivity index (χ2n) is 8.91. The van der Waals surface area contributed by atoms with Crippen LogP contribution in [0.15, 0.2) is 24.3 Å². The molecule has 9 heteroatoms. The number of rotatable bonds is 14. The van der Waals surface area contributed by atoms with Crippen molar-refractivity contribution >= 4 is 68.3 Å². The average Bonchev–Trinajstić information content (AvgIpc) is 3.21. The number of aromatic carboxylic acids is 2. The van der Waals surface area contributed by atoms with Crippen LogP contribution in [0.25, 0.3) is 20.2 Å². The van der Waals surface area contributed by atoms with Crippen molar-refractivity contribution < 1.29 is 19.8 Å². The first-order chi connectivity index (χ1) is 16.8. The van der Waals surface area contributed by atoms with Crippen molar-refractivity contribution in [1.29, 1.82) is 0 Å². The van der Waals surface area contributed by atoms with Crippen molar-refractivity contribution in [3.05, 3.63) is 46.5 Å². The molecule has 1 aromatic heterocycles. The molecule has 0 saturated heterocycles. The lowest BCUT2D eigenvalue weighted by Gasteiger charge is -2.22. The van der Waals surface area contributed by atoms with Gasteiger partial charge in [-0.3, -0.25) is 0 Å². The largest absolute Gasteiger partial charge is 0.545 e. The molecule has 0 aliphatic rings. The minimum Gasteiger partial charge on any atom is -0.545 e. The second-order valence-corrected chi connectivity index (χ2v) is 9.99. The zero-order valence-corrected chi connectivity index (χ0v) is 24.6. The lowest BCUT2D eigenvalue weighted by Crippen LogP contribution is -2.28. The van der Waals surface area contributed by atoms with Crippen LogP contribution in [0, 0.1) is 0 Å². The van der Waals surface area contributed by atoms with Gasteiger partial charge in [-0.2, -0.15) is 0 Å². The molecule has 0 aliphatic heterocycles. The molecule has 3 rings (SSSR count). The third-order valence-corrected chi connectivity index (χ3v) is 8.11. The summed E-state index contributed by atoms with van der Waals surface area (Å²) in [5.74, 6) is -2.39. The summed E-state index contributed by atoms with van der Waals surface area (Å²) in [6, 6.07) is 6.96. The minimum absolute atomic E-state index is 0. The number of carbonyl (C=O) groups excluding carboxylic acids is 2. The maximum Gasteiger partial charge on any atom is 0.0721 e. The standard InChI is InChI=1S/C28H38N2O4S.2ClH/c1-5-29(6-2)15-9-11-19-18-24-26(22-17-20(27(31)32)13-14-23(22)35-24)21(25(19)28(33)34)12-10-16-30(7-3)8-4;;/h13-14,17-18H,5-12,15-16H2,1-4H3,(H,31,32)(H,33,34);2*1H/p-2. The zero-order valence-electron chi connectivity index (χ0n) is 22.1. The van der Waals surface area contributed by atoms with Crippen molar-refractivity contribution in [3.63, 3.8) is 0 Å². The van der Waals surface area contributed by atoms with E-state index in [1.54, 1.807) is 29.5 Å². The SMILES string of the molecule is CCN(CC)CCCc1cc2sc3ccc(C(=O)[O-])cc3c2c(CCCN(CC)CC)c1C(=O)[O-].Cl.Cl. The molecule has 0 aliphatic carbocycles. The van der Waals surface area contributed by atoms with E-state index < -0.39 is 11.9 Å². The van der Waals surface area contributed by atoms with Crippen molar-refractivity contribution in [2.45, 2.75) is 53.4 Å². The summed E-state index contributed by atoms with van der Waals surface area (Å²) >= 11 is 1.58. The highest BCUT2D eigenvalue weighted by molar-refractivity contribution is 7.25. The number of carboxylic acids is 2. The van der Waals surface area contributed by atoms with E-state index in [-0.39, 0.29) is 35.9 Å². The summed E-state index contributed by atoms with van der Waals surface area (Å²) in [6.07, 6.45) is 2.95. The van der Waals surface area contributed by atoms with Crippen molar-refractivity contribution in [1.82, 2.24) is 9.80 Å². The van der Waals surface area contributed by atoms with E-state index in [9.17, 15) is 19.8 Å². The summed E-state index contributed by atoms with van der Waals surface area (Å²) < 4.78 is 1.94. The smallest absolute Gasteiger partial charge is 0.0721 e. The van der Waals surface area contributed by atoms with Crippen LogP contribution in [0.5, 0.6) is 0 Å². The van der Waals surface area contributed by atoms with Gasteiger partial charge in [0.05, 0.1) is 11.9 Å². The first kappa shape index (κ1) is 33.1. The Morgan fingerprint density at radius 1 is 0.784 bits per heavy atom. The van der Waals surface area contributed by atoms with Crippen LogP contribution in [0.3, 0.4) is 0 Å². The highest BCUT2D eigenvalue weighted by Crippen LogP contribution is 2.40. The minimum atomic E-state index is -1.23. The highest BCUT2D eigenvalue weighted by Gasteiger charge is 2.19. The summed E-state index contributed by atoms with van der Waals surface area (Å²) in [5.41, 5.74) is 1.98. The van der Waals surface area contributed by atoms with E-state index in [0.29, 0.717) is 12.8 Å². The maximum atomic E-state index is 12.5. The van der Waals surface area contributed by atoms with Crippen LogP contribution in [-0.4, -0.2) is 61.0 Å². The number of carboxylic acid groups (broad SMARTS) is 2. The van der Waals surface area contributed by atoms with Gasteiger partial charge in [-0.15, -0.1) is 36.2 Å². The molecule has 0 N–H and O–H groups in total. The third-order valence-electron chi connectivity index (χ3n) is 7.00. The molecule has 0 unspecified atom stereocenters. The van der Waals surface area contributed by atoms with Crippen LogP contribution < -0.4 is 10.2 Å². The molecule has 206 valence electrons. The van der Waals surface area contributed by atoms with Gasteiger partial charge in [0.25, 0.3) is 0 Å². The normalized spacial score (nSPS) is 11.2. The molecule has 1 heterocycles. The number of hydrogen-bond donors (Lipinski definition) is 0. The fourth-order valence-electron chi connectivity index (χ4n) is 4.96. The second kappa shape index (κ2) is 15.5. The number of fused-ring (bicyclic) bond motifs is 3. The van der Waals surface area contributed by atoms with Gasteiger partial charge in [-0.25, -0.2) is 0 Å². The van der Waals surface area contributed by atoms with E-state index in [0.717, 1.165) is 83.4 Å². The Labute approximate surface area is 236 Å². The Morgan fingerprint density at radius 2 is 1.35 bits per heavy atom. The summed E-state index contributed by atoms with van der Waals surface area (Å²) in [4.78, 5) is 28.7. The van der Waals surface area contributed by atoms with Crippen LogP contribution >= 0.6 is 36.2 Å². The van der Waals surface area contributed by atoms with Crippen LogP contribution in [0.1, 0.15) is 72.4 Å². The molecule has 6 nitrogen and oxygen atoms in total. The van der Waals surface area contributed by atoms with Gasteiger partial charge in [-0.1, -0.05) is 33.8 Å². The molecule has 37 heavy (non-hydrogen) atoms. The first-order valence-electron chi connectivity index (χ1n) is 12.7. The van der Waals surface area contributed by atoms with Gasteiger partial charge in [-0.05, 0) is 99.8 Å². The van der Waals surface area contributed by atoms with Gasteiger partial charge in [0.2, 0.25) is 0 Å². The van der Waals surface area contributed by atoms with Crippen molar-refractivity contribution in [2.24, 2.45) is 0 Å². The summed E-state index contributed by atoms with van der Waals surface area (Å²) in [6.45, 7) is 14.1. The van der Waals surface area contributed by atoms with Gasteiger partial charge in [0, 0.05) is 25.7 Å². The number of nitrogens with zero attached hydrogens (tertiary/aromatic N) is 2. The Hall–Kier alpha value is -1.90. The van der Waals surface area contributed by atoms with Crippen molar-refractivity contribution in [2.75, 3.05) is 39.3 Å². The number of aryl methyl sites for hydroxylation is 2.